The second kappa shape index (κ2) is 29.8. The molecule has 0 aliphatic rings. The molecule has 0 amide bonds. The van der Waals surface area contributed by atoms with Crippen molar-refractivity contribution < 1.29 is 50.9 Å². The lowest BCUT2D eigenvalue weighted by Gasteiger charge is -2.24. The maximum Gasteiger partial charge on any atom is 0.472 e. The van der Waals surface area contributed by atoms with E-state index in [0.29, 0.717) is 23.9 Å². The topological polar surface area (TPSA) is 135 Å². The van der Waals surface area contributed by atoms with Gasteiger partial charge in [0.2, 0.25) is 0 Å². The Balaban J connectivity index is 1.67. The first-order chi connectivity index (χ1) is 28.6. The highest BCUT2D eigenvalue weighted by atomic mass is 31.2. The Morgan fingerprint density at radius 3 is 1.43 bits per heavy atom. The fraction of sp³-hybridized carbons (Fsp3) is 0.792. The number of unbranched alkanes of at least 4 members (excludes halogenated alkanes) is 14. The van der Waals surface area contributed by atoms with Crippen molar-refractivity contribution in [2.75, 3.05) is 47.5 Å². The van der Waals surface area contributed by atoms with Crippen LogP contribution in [0.25, 0.3) is 0 Å². The van der Waals surface area contributed by atoms with Gasteiger partial charge in [-0.3, -0.25) is 18.6 Å². The molecule has 12 heteroatoms. The highest BCUT2D eigenvalue weighted by molar-refractivity contribution is 7.47. The van der Waals surface area contributed by atoms with Crippen LogP contribution in [-0.4, -0.2) is 74.9 Å². The molecular weight excluding hydrogens is 781 g/mol. The number of aryl methyl sites for hydroxylation is 4. The second-order valence-electron chi connectivity index (χ2n) is 18.0. The fourth-order valence-corrected chi connectivity index (χ4v) is 8.04. The van der Waals surface area contributed by atoms with Crippen molar-refractivity contribution in [1.29, 1.82) is 0 Å². The van der Waals surface area contributed by atoms with Gasteiger partial charge in [-0.2, -0.15) is 0 Å². The lowest BCUT2D eigenvalue weighted by atomic mass is 10.0. The van der Waals surface area contributed by atoms with Gasteiger partial charge < -0.3 is 27.7 Å². The van der Waals surface area contributed by atoms with Crippen molar-refractivity contribution in [2.24, 2.45) is 0 Å². The molecule has 2 heterocycles. The minimum Gasteiger partial charge on any atom is -0.466 e. The van der Waals surface area contributed by atoms with Gasteiger partial charge in [0.25, 0.3) is 0 Å². The van der Waals surface area contributed by atoms with E-state index in [0.717, 1.165) is 119 Å². The normalized spacial score (nSPS) is 13.4. The Morgan fingerprint density at radius 1 is 0.567 bits per heavy atom. The number of carbonyl (C=O) groups is 2. The number of esters is 2. The van der Waals surface area contributed by atoms with E-state index in [2.05, 4.69) is 41.5 Å². The summed E-state index contributed by atoms with van der Waals surface area (Å²) in [6.07, 6.45) is 22.5. The summed E-state index contributed by atoms with van der Waals surface area (Å²) in [5, 5.41) is 0. The number of quaternary nitrogens is 1. The van der Waals surface area contributed by atoms with Crippen LogP contribution in [0.2, 0.25) is 0 Å². The van der Waals surface area contributed by atoms with Crippen molar-refractivity contribution in [3.8, 4) is 0 Å². The molecule has 2 aromatic rings. The van der Waals surface area contributed by atoms with Gasteiger partial charge in [-0.15, -0.1) is 0 Å². The SMILES string of the molecule is CCCCCc1oc(CCCCCCCCC(=O)OCC(COP(=O)(O)OCC[N+](C)(C)C)OC(=O)CCCCCCCCCCc2oc(CCC)c(C)c2C)c(C)c1C. The third-order valence-electron chi connectivity index (χ3n) is 11.5. The highest BCUT2D eigenvalue weighted by Crippen LogP contribution is 2.43. The number of hydrogen-bond acceptors (Lipinski definition) is 9. The van der Waals surface area contributed by atoms with E-state index < -0.39 is 32.5 Å². The molecule has 1 N–H and O–H groups in total. The van der Waals surface area contributed by atoms with Crippen LogP contribution >= 0.6 is 7.82 Å². The number of ether oxygens (including phenoxy) is 2. The number of furan rings is 2. The molecule has 2 aromatic heterocycles. The molecule has 0 aromatic carbocycles. The monoisotopic (exact) mass is 867 g/mol. The lowest BCUT2D eigenvalue weighted by Crippen LogP contribution is -2.37. The Hall–Kier alpha value is -2.43. The zero-order chi connectivity index (χ0) is 44.4. The van der Waals surface area contributed by atoms with Crippen molar-refractivity contribution in [3.63, 3.8) is 0 Å². The Morgan fingerprint density at radius 2 is 0.983 bits per heavy atom. The third kappa shape index (κ3) is 23.1. The van der Waals surface area contributed by atoms with Gasteiger partial charge in [0.1, 0.15) is 42.8 Å². The molecule has 11 nitrogen and oxygen atoms in total. The lowest BCUT2D eigenvalue weighted by molar-refractivity contribution is -0.870. The minimum atomic E-state index is -4.40. The summed E-state index contributed by atoms with van der Waals surface area (Å²) in [6, 6.07) is 0. The van der Waals surface area contributed by atoms with E-state index in [9.17, 15) is 19.0 Å². The fourth-order valence-electron chi connectivity index (χ4n) is 7.30. The van der Waals surface area contributed by atoms with E-state index in [1.165, 1.54) is 54.4 Å². The van der Waals surface area contributed by atoms with Crippen molar-refractivity contribution in [2.45, 2.75) is 202 Å². The molecule has 346 valence electrons. The van der Waals surface area contributed by atoms with Crippen LogP contribution in [0.3, 0.4) is 0 Å². The first-order valence-corrected chi connectivity index (χ1v) is 25.0. The standard InChI is InChI=1S/C48H84NO10P/c1-10-12-23-29-44-40(5)41(6)46(59-44)31-25-20-17-18-21-26-32-47(50)54-36-42(37-56-60(52,53)55-35-34-49(7,8)9)57-48(51)33-27-22-16-14-13-15-19-24-30-45-39(4)38(3)43(58-45)28-11-2/h42H,10-37H2,1-9H3/p+1. The molecule has 0 radical (unpaired) electrons. The van der Waals surface area contributed by atoms with Crippen LogP contribution in [0.15, 0.2) is 8.83 Å². The summed E-state index contributed by atoms with van der Waals surface area (Å²) >= 11 is 0. The van der Waals surface area contributed by atoms with Crippen LogP contribution in [0.1, 0.15) is 188 Å². The molecule has 0 aliphatic heterocycles. The van der Waals surface area contributed by atoms with Gasteiger partial charge in [-0.1, -0.05) is 90.9 Å². The molecule has 2 unspecified atom stereocenters. The number of likely N-dealkylation sites (N-methyl/N-ethyl adjacent to an activating group) is 1. The van der Waals surface area contributed by atoms with Crippen molar-refractivity contribution in [1.82, 2.24) is 0 Å². The minimum absolute atomic E-state index is 0.0182. The summed E-state index contributed by atoms with van der Waals surface area (Å²) in [4.78, 5) is 35.7. The number of phosphoric ester groups is 1. The first-order valence-electron chi connectivity index (χ1n) is 23.5. The molecule has 0 fully saturated rings. The summed E-state index contributed by atoms with van der Waals surface area (Å²) < 4.78 is 46.8. The van der Waals surface area contributed by atoms with E-state index >= 15 is 0 Å². The van der Waals surface area contributed by atoms with E-state index in [1.54, 1.807) is 0 Å². The summed E-state index contributed by atoms with van der Waals surface area (Å²) in [5.74, 6) is 3.73. The van der Waals surface area contributed by atoms with Gasteiger partial charge in [0, 0.05) is 38.5 Å². The number of carbonyl (C=O) groups excluding carboxylic acids is 2. The highest BCUT2D eigenvalue weighted by Gasteiger charge is 2.27. The predicted molar refractivity (Wildman–Crippen MR) is 240 cm³/mol. The Bertz CT molecular complexity index is 1540. The number of phosphoric acid groups is 1. The van der Waals surface area contributed by atoms with Gasteiger partial charge in [-0.25, -0.2) is 4.57 Å². The predicted octanol–water partition coefficient (Wildman–Crippen LogP) is 12.1. The van der Waals surface area contributed by atoms with Crippen LogP contribution in [0.5, 0.6) is 0 Å². The number of hydrogen-bond donors (Lipinski definition) is 1. The van der Waals surface area contributed by atoms with Gasteiger partial charge in [-0.05, 0) is 88.5 Å². The Labute approximate surface area is 364 Å². The quantitative estimate of drug-likeness (QED) is 0.0305. The average Bonchev–Trinajstić information content (AvgIpc) is 3.61. The summed E-state index contributed by atoms with van der Waals surface area (Å²) in [5.41, 5.74) is 5.23. The summed E-state index contributed by atoms with van der Waals surface area (Å²) in [7, 11) is 1.43. The van der Waals surface area contributed by atoms with Gasteiger partial charge in [0.15, 0.2) is 6.10 Å². The smallest absolute Gasteiger partial charge is 0.466 e. The molecule has 0 saturated heterocycles. The largest absolute Gasteiger partial charge is 0.472 e. The second-order valence-corrected chi connectivity index (χ2v) is 19.4. The Kier molecular flexibility index (Phi) is 26.7. The molecule has 0 saturated carbocycles. The summed E-state index contributed by atoms with van der Waals surface area (Å²) in [6.45, 7) is 12.9. The van der Waals surface area contributed by atoms with Crippen molar-refractivity contribution >= 4 is 19.8 Å². The average molecular weight is 867 g/mol. The van der Waals surface area contributed by atoms with E-state index in [1.807, 2.05) is 21.1 Å². The van der Waals surface area contributed by atoms with Crippen molar-refractivity contribution in [3.05, 3.63) is 45.3 Å². The van der Waals surface area contributed by atoms with Crippen LogP contribution in [-0.2, 0) is 58.4 Å². The van der Waals surface area contributed by atoms with E-state index in [4.69, 9.17) is 27.4 Å². The van der Waals surface area contributed by atoms with Gasteiger partial charge >= 0.3 is 19.8 Å². The number of nitrogens with zero attached hydrogens (tertiary/aromatic N) is 1. The van der Waals surface area contributed by atoms with Crippen LogP contribution in [0.4, 0.5) is 0 Å². The zero-order valence-corrected chi connectivity index (χ0v) is 40.3. The maximum atomic E-state index is 12.8. The number of rotatable bonds is 36. The van der Waals surface area contributed by atoms with Crippen LogP contribution < -0.4 is 0 Å². The first kappa shape index (κ1) is 53.7. The van der Waals surface area contributed by atoms with E-state index in [-0.39, 0.29) is 26.1 Å². The zero-order valence-electron chi connectivity index (χ0n) is 39.4. The molecule has 0 aliphatic carbocycles. The third-order valence-corrected chi connectivity index (χ3v) is 12.5. The molecule has 2 atom stereocenters. The molecule has 0 spiro atoms. The molecule has 60 heavy (non-hydrogen) atoms. The molecule has 0 bridgehead atoms. The van der Waals surface area contributed by atoms with Crippen LogP contribution in [0, 0.1) is 27.7 Å². The molecule has 2 rings (SSSR count). The molecular formula is C48H85NO10P+. The maximum absolute atomic E-state index is 12.8. The van der Waals surface area contributed by atoms with Gasteiger partial charge in [0.05, 0.1) is 27.7 Å².